The molecule has 0 spiro atoms. The van der Waals surface area contributed by atoms with Crippen molar-refractivity contribution in [3.8, 4) is 16.5 Å². The molecular weight excluding hydrogens is 724 g/mol. The molecule has 1 aliphatic rings. The van der Waals surface area contributed by atoms with E-state index in [1.165, 1.54) is 11.3 Å². The van der Waals surface area contributed by atoms with E-state index in [0.29, 0.717) is 63.4 Å². The molecule has 1 fully saturated rings. The van der Waals surface area contributed by atoms with Crippen LogP contribution in [0.5, 0.6) is 11.5 Å². The highest BCUT2D eigenvalue weighted by atomic mass is 79.9. The average Bonchev–Trinajstić information content (AvgIpc) is 3.59. The topological polar surface area (TPSA) is 109 Å². The molecule has 4 aromatic rings. The van der Waals surface area contributed by atoms with Crippen LogP contribution in [0.3, 0.4) is 0 Å². The van der Waals surface area contributed by atoms with E-state index in [2.05, 4.69) is 36.8 Å². The highest BCUT2D eigenvalue weighted by Gasteiger charge is 2.28. The van der Waals surface area contributed by atoms with Gasteiger partial charge in [0.25, 0.3) is 5.91 Å². The molecule has 0 radical (unpaired) electrons. The Labute approximate surface area is 275 Å². The van der Waals surface area contributed by atoms with Gasteiger partial charge < -0.3 is 24.8 Å². The minimum Gasteiger partial charge on any atom is -0.488 e. The maximum Gasteiger partial charge on any atom is 0.409 e. The summed E-state index contributed by atoms with van der Waals surface area (Å²) in [5.41, 5.74) is 8.02. The zero-order chi connectivity index (χ0) is 30.8. The molecule has 13 heteroatoms. The number of amides is 2. The van der Waals surface area contributed by atoms with Crippen molar-refractivity contribution >= 4 is 77.8 Å². The summed E-state index contributed by atoms with van der Waals surface area (Å²) in [5.74, 6) is 0.693. The maximum atomic E-state index is 12.4. The van der Waals surface area contributed by atoms with Crippen LogP contribution >= 0.6 is 54.8 Å². The van der Waals surface area contributed by atoms with E-state index >= 15 is 0 Å². The second-order valence-electron chi connectivity index (χ2n) is 10.7. The van der Waals surface area contributed by atoms with Gasteiger partial charge in [-0.1, -0.05) is 43.6 Å². The molecule has 0 bridgehead atoms. The van der Waals surface area contributed by atoms with Gasteiger partial charge in [-0.15, -0.1) is 11.3 Å². The number of benzene rings is 2. The first-order chi connectivity index (χ1) is 20.5. The van der Waals surface area contributed by atoms with Crippen LogP contribution in [-0.2, 0) is 4.74 Å². The van der Waals surface area contributed by atoms with Crippen molar-refractivity contribution in [2.24, 2.45) is 11.7 Å². The Bertz CT molecular complexity index is 1650. The lowest BCUT2D eigenvalue weighted by Crippen LogP contribution is -2.42. The van der Waals surface area contributed by atoms with Crippen LogP contribution in [0.15, 0.2) is 51.7 Å². The summed E-state index contributed by atoms with van der Waals surface area (Å²) in [6.07, 6.45) is 2.24. The Hall–Kier alpha value is -2.80. The van der Waals surface area contributed by atoms with Gasteiger partial charge in [-0.2, -0.15) is 0 Å². The van der Waals surface area contributed by atoms with Gasteiger partial charge in [-0.3, -0.25) is 9.36 Å². The number of rotatable bonds is 9. The third kappa shape index (κ3) is 6.97. The number of nitrogens with two attached hydrogens (primary N) is 1. The number of ether oxygens (including phenoxy) is 3. The van der Waals surface area contributed by atoms with Crippen molar-refractivity contribution in [3.05, 3.63) is 67.1 Å². The number of nitrogens with zero attached hydrogens (tertiary/aromatic N) is 3. The number of primary amides is 1. The predicted molar refractivity (Wildman–Crippen MR) is 175 cm³/mol. The first kappa shape index (κ1) is 31.6. The standard InChI is InChI=1S/C30H31Br2ClN4O5S/c1-16(2)14-40-30(39)36-10-8-18(9-11-36)42-27-20(31)12-22-26(25(27)32)37(15-35-22)24-13-23(28(43-24)29(34)38)41-17(3)19-6-4-5-7-21(19)33/h4-7,12-13,15-18H,8-11,14H2,1-3H3,(H2,34,38)/t17-/m1/s1. The number of aromatic nitrogens is 2. The van der Waals surface area contributed by atoms with E-state index in [0.717, 1.165) is 21.1 Å². The first-order valence-corrected chi connectivity index (χ1v) is 16.6. The quantitative estimate of drug-likeness (QED) is 0.185. The lowest BCUT2D eigenvalue weighted by molar-refractivity contribution is 0.0615. The number of likely N-dealkylation sites (tertiary alicyclic amines) is 1. The SMILES string of the molecule is CC(C)COC(=O)N1CCC(Oc2c(Br)cc3ncn(-c4cc(O[C@H](C)c5ccccc5Cl)c(C(N)=O)s4)c3c2Br)CC1. The molecular formula is C30H31Br2ClN4O5S. The molecule has 2 N–H and O–H groups in total. The Morgan fingerprint density at radius 2 is 1.88 bits per heavy atom. The number of piperidine rings is 1. The Kier molecular flexibility index (Phi) is 9.89. The molecule has 1 aliphatic heterocycles. The summed E-state index contributed by atoms with van der Waals surface area (Å²) >= 11 is 15.0. The summed E-state index contributed by atoms with van der Waals surface area (Å²) in [4.78, 5) is 31.4. The number of imidazole rings is 1. The van der Waals surface area contributed by atoms with E-state index < -0.39 is 12.0 Å². The van der Waals surface area contributed by atoms with Gasteiger partial charge in [-0.05, 0) is 56.8 Å². The number of carbonyl (C=O) groups is 2. The highest BCUT2D eigenvalue weighted by Crippen LogP contribution is 2.43. The van der Waals surface area contributed by atoms with Crippen LogP contribution in [0.1, 0.15) is 55.0 Å². The van der Waals surface area contributed by atoms with E-state index in [4.69, 9.17) is 31.5 Å². The fourth-order valence-corrected chi connectivity index (χ4v) is 7.50. The van der Waals surface area contributed by atoms with Crippen LogP contribution in [0, 0.1) is 5.92 Å². The monoisotopic (exact) mass is 752 g/mol. The molecule has 43 heavy (non-hydrogen) atoms. The molecule has 1 atom stereocenters. The first-order valence-electron chi connectivity index (χ1n) is 13.8. The van der Waals surface area contributed by atoms with Gasteiger partial charge >= 0.3 is 6.09 Å². The fourth-order valence-electron chi connectivity index (χ4n) is 4.81. The molecule has 2 aromatic carbocycles. The predicted octanol–water partition coefficient (Wildman–Crippen LogP) is 8.14. The maximum absolute atomic E-state index is 12.4. The van der Waals surface area contributed by atoms with Crippen molar-refractivity contribution in [1.29, 1.82) is 0 Å². The number of carbonyl (C=O) groups excluding carboxylic acids is 2. The van der Waals surface area contributed by atoms with Crippen molar-refractivity contribution in [3.63, 3.8) is 0 Å². The molecule has 0 aliphatic carbocycles. The van der Waals surface area contributed by atoms with Gasteiger partial charge in [0, 0.05) is 42.6 Å². The van der Waals surface area contributed by atoms with Gasteiger partial charge in [0.1, 0.15) is 39.9 Å². The van der Waals surface area contributed by atoms with E-state index in [9.17, 15) is 9.59 Å². The number of thiophene rings is 1. The molecule has 228 valence electrons. The minimum absolute atomic E-state index is 0.0925. The van der Waals surface area contributed by atoms with Crippen molar-refractivity contribution in [2.45, 2.75) is 45.8 Å². The van der Waals surface area contributed by atoms with Crippen molar-refractivity contribution in [1.82, 2.24) is 14.5 Å². The van der Waals surface area contributed by atoms with Crippen LogP contribution in [0.4, 0.5) is 4.79 Å². The van der Waals surface area contributed by atoms with Crippen LogP contribution in [0.25, 0.3) is 16.0 Å². The summed E-state index contributed by atoms with van der Waals surface area (Å²) in [5, 5.41) is 1.27. The Morgan fingerprint density at radius 1 is 1.16 bits per heavy atom. The molecule has 5 rings (SSSR count). The third-order valence-corrected chi connectivity index (χ3v) is 9.80. The average molecular weight is 755 g/mol. The fraction of sp³-hybridized carbons (Fsp3) is 0.367. The Balaban J connectivity index is 1.39. The molecule has 2 aromatic heterocycles. The normalized spacial score (nSPS) is 14.7. The van der Waals surface area contributed by atoms with Crippen LogP contribution < -0.4 is 15.2 Å². The highest BCUT2D eigenvalue weighted by molar-refractivity contribution is 9.11. The van der Waals surface area contributed by atoms with E-state index in [1.54, 1.807) is 23.4 Å². The zero-order valence-corrected chi connectivity index (χ0v) is 28.6. The Morgan fingerprint density at radius 3 is 2.56 bits per heavy atom. The van der Waals surface area contributed by atoms with Crippen molar-refractivity contribution in [2.75, 3.05) is 19.7 Å². The van der Waals surface area contributed by atoms with E-state index in [-0.39, 0.29) is 18.1 Å². The second kappa shape index (κ2) is 13.5. The number of halogens is 3. The molecule has 3 heterocycles. The molecule has 0 unspecified atom stereocenters. The summed E-state index contributed by atoms with van der Waals surface area (Å²) in [7, 11) is 0. The lowest BCUT2D eigenvalue weighted by Gasteiger charge is -2.32. The second-order valence-corrected chi connectivity index (χ2v) is 13.8. The number of hydrogen-bond acceptors (Lipinski definition) is 7. The van der Waals surface area contributed by atoms with Gasteiger partial charge in [0.05, 0.1) is 26.6 Å². The van der Waals surface area contributed by atoms with Gasteiger partial charge in [-0.25, -0.2) is 9.78 Å². The summed E-state index contributed by atoms with van der Waals surface area (Å²) in [6, 6.07) is 11.1. The lowest BCUT2D eigenvalue weighted by atomic mass is 10.1. The number of fused-ring (bicyclic) bond motifs is 1. The minimum atomic E-state index is -0.590. The summed E-state index contributed by atoms with van der Waals surface area (Å²) in [6.45, 7) is 7.40. The molecule has 1 saturated heterocycles. The van der Waals surface area contributed by atoms with Gasteiger partial charge in [0.2, 0.25) is 0 Å². The number of hydrogen-bond donors (Lipinski definition) is 1. The third-order valence-electron chi connectivity index (χ3n) is 7.00. The molecule has 2 amide bonds. The molecule has 9 nitrogen and oxygen atoms in total. The summed E-state index contributed by atoms with van der Waals surface area (Å²) < 4.78 is 21.4. The van der Waals surface area contributed by atoms with Crippen LogP contribution in [0.2, 0.25) is 5.02 Å². The van der Waals surface area contributed by atoms with Gasteiger partial charge in [0.15, 0.2) is 0 Å². The zero-order valence-electron chi connectivity index (χ0n) is 23.8. The largest absolute Gasteiger partial charge is 0.488 e. The van der Waals surface area contributed by atoms with Crippen molar-refractivity contribution < 1.29 is 23.8 Å². The van der Waals surface area contributed by atoms with Crippen LogP contribution in [-0.4, -0.2) is 52.3 Å². The van der Waals surface area contributed by atoms with E-state index in [1.807, 2.05) is 49.6 Å². The molecule has 0 saturated carbocycles. The smallest absolute Gasteiger partial charge is 0.409 e.